The van der Waals surface area contributed by atoms with Crippen molar-refractivity contribution in [1.29, 1.82) is 0 Å². The molecule has 0 aliphatic rings. The van der Waals surface area contributed by atoms with Gasteiger partial charge in [0.2, 0.25) is 0 Å². The third-order valence-electron chi connectivity index (χ3n) is 8.98. The second-order valence-electron chi connectivity index (χ2n) is 13.6. The average Bonchev–Trinajstić information content (AvgIpc) is 3.07. The summed E-state index contributed by atoms with van der Waals surface area (Å²) in [5.74, 6) is 1.98. The van der Waals surface area contributed by atoms with Crippen molar-refractivity contribution < 1.29 is 19.7 Å². The molecule has 4 nitrogen and oxygen atoms in total. The van der Waals surface area contributed by atoms with Crippen molar-refractivity contribution in [3.05, 3.63) is 143 Å². The van der Waals surface area contributed by atoms with E-state index in [0.29, 0.717) is 13.2 Å². The number of phenolic OH excluding ortho intramolecular Hbond substituents is 2. The first-order valence-corrected chi connectivity index (χ1v) is 17.4. The third-order valence-corrected chi connectivity index (χ3v) is 8.98. The maximum absolute atomic E-state index is 11.5. The van der Waals surface area contributed by atoms with Crippen LogP contribution in [-0.4, -0.2) is 23.4 Å². The van der Waals surface area contributed by atoms with Crippen molar-refractivity contribution in [1.82, 2.24) is 0 Å². The fourth-order valence-electron chi connectivity index (χ4n) is 6.87. The SMILES string of the molecule is Cc1cc(C)cc(-c2cc(C)cc(-c3ccccc3OCCCCOc3ccccc3-c3cc(C)cc(-c4cc(C)cc(C)c4)c3O)c2O)c1. The fraction of sp³-hybridized carbons (Fsp3) is 0.217. The molecule has 0 aliphatic heterocycles. The summed E-state index contributed by atoms with van der Waals surface area (Å²) < 4.78 is 12.6. The number of para-hydroxylation sites is 2. The van der Waals surface area contributed by atoms with Gasteiger partial charge in [-0.05, 0) is 113 Å². The predicted molar refractivity (Wildman–Crippen MR) is 207 cm³/mol. The highest BCUT2D eigenvalue weighted by Crippen LogP contribution is 2.44. The number of hydrogen-bond donors (Lipinski definition) is 2. The van der Waals surface area contributed by atoms with Gasteiger partial charge in [-0.15, -0.1) is 0 Å². The van der Waals surface area contributed by atoms with Crippen molar-refractivity contribution in [2.24, 2.45) is 0 Å². The Hall–Kier alpha value is -5.48. The molecule has 254 valence electrons. The lowest BCUT2D eigenvalue weighted by Gasteiger charge is -2.17. The summed E-state index contributed by atoms with van der Waals surface area (Å²) in [6.07, 6.45) is 1.58. The highest BCUT2D eigenvalue weighted by atomic mass is 16.5. The van der Waals surface area contributed by atoms with Gasteiger partial charge in [0.25, 0.3) is 0 Å². The van der Waals surface area contributed by atoms with Crippen LogP contribution in [0.3, 0.4) is 0 Å². The molecule has 4 heteroatoms. The number of phenols is 2. The smallest absolute Gasteiger partial charge is 0.131 e. The zero-order valence-electron chi connectivity index (χ0n) is 29.9. The lowest BCUT2D eigenvalue weighted by Crippen LogP contribution is -2.04. The zero-order chi connectivity index (χ0) is 35.4. The summed E-state index contributed by atoms with van der Waals surface area (Å²) in [5.41, 5.74) is 13.7. The van der Waals surface area contributed by atoms with Crippen LogP contribution in [-0.2, 0) is 0 Å². The standard InChI is InChI=1S/C46H46O4/c1-29-19-30(2)22-35(21-29)39-25-33(5)27-41(45(39)47)37-13-7-9-15-43(37)49-17-11-12-18-50-44-16-10-8-14-38(44)42-28-34(6)26-40(46(42)48)36-23-31(3)20-32(4)24-36/h7-10,13-16,19-28,47-48H,11-12,17-18H2,1-6H3. The van der Waals surface area contributed by atoms with Gasteiger partial charge in [-0.1, -0.05) is 95.1 Å². The van der Waals surface area contributed by atoms with Crippen molar-refractivity contribution in [3.8, 4) is 67.5 Å². The van der Waals surface area contributed by atoms with Crippen molar-refractivity contribution >= 4 is 0 Å². The molecule has 0 spiro atoms. The van der Waals surface area contributed by atoms with E-state index in [1.807, 2.05) is 72.8 Å². The van der Waals surface area contributed by atoms with E-state index >= 15 is 0 Å². The first-order valence-electron chi connectivity index (χ1n) is 17.4. The number of rotatable bonds is 11. The van der Waals surface area contributed by atoms with E-state index < -0.39 is 0 Å². The van der Waals surface area contributed by atoms with Gasteiger partial charge in [-0.3, -0.25) is 0 Å². The highest BCUT2D eigenvalue weighted by molar-refractivity contribution is 5.86. The molecule has 0 saturated heterocycles. The maximum atomic E-state index is 11.5. The Balaban J connectivity index is 1.13. The monoisotopic (exact) mass is 662 g/mol. The Kier molecular flexibility index (Phi) is 10.3. The Morgan fingerprint density at radius 2 is 0.700 bits per heavy atom. The van der Waals surface area contributed by atoms with Gasteiger partial charge in [0, 0.05) is 33.4 Å². The Morgan fingerprint density at radius 3 is 1.08 bits per heavy atom. The van der Waals surface area contributed by atoms with E-state index in [4.69, 9.17) is 9.47 Å². The van der Waals surface area contributed by atoms with E-state index in [-0.39, 0.29) is 11.5 Å². The van der Waals surface area contributed by atoms with Crippen LogP contribution in [0.4, 0.5) is 0 Å². The molecule has 0 saturated carbocycles. The maximum Gasteiger partial charge on any atom is 0.131 e. The Morgan fingerprint density at radius 1 is 0.380 bits per heavy atom. The number of benzene rings is 6. The first kappa shape index (κ1) is 34.4. The van der Waals surface area contributed by atoms with E-state index in [1.165, 1.54) is 0 Å². The molecule has 0 heterocycles. The van der Waals surface area contributed by atoms with Crippen molar-refractivity contribution in [3.63, 3.8) is 0 Å². The molecule has 0 aliphatic carbocycles. The fourth-order valence-corrected chi connectivity index (χ4v) is 6.87. The summed E-state index contributed by atoms with van der Waals surface area (Å²) in [7, 11) is 0. The quantitative estimate of drug-likeness (QED) is 0.136. The summed E-state index contributed by atoms with van der Waals surface area (Å²) in [4.78, 5) is 0. The van der Waals surface area contributed by atoms with E-state index in [9.17, 15) is 10.2 Å². The van der Waals surface area contributed by atoms with Crippen LogP contribution in [0.5, 0.6) is 23.0 Å². The minimum absolute atomic E-state index is 0.254. The number of unbranched alkanes of at least 4 members (excludes halogenated alkanes) is 1. The largest absolute Gasteiger partial charge is 0.507 e. The average molecular weight is 663 g/mol. The second-order valence-corrected chi connectivity index (χ2v) is 13.6. The molecule has 0 bridgehead atoms. The number of hydrogen-bond acceptors (Lipinski definition) is 4. The molecule has 0 fully saturated rings. The molecular weight excluding hydrogens is 617 g/mol. The minimum atomic E-state index is 0.254. The van der Waals surface area contributed by atoms with Gasteiger partial charge in [0.1, 0.15) is 23.0 Å². The normalized spacial score (nSPS) is 11.1. The molecule has 6 aromatic rings. The van der Waals surface area contributed by atoms with Gasteiger partial charge >= 0.3 is 0 Å². The number of aryl methyl sites for hydroxylation is 6. The molecule has 6 aromatic carbocycles. The highest BCUT2D eigenvalue weighted by Gasteiger charge is 2.18. The molecule has 0 radical (unpaired) electrons. The van der Waals surface area contributed by atoms with Crippen LogP contribution in [0.15, 0.2) is 109 Å². The lowest BCUT2D eigenvalue weighted by molar-refractivity contribution is 0.267. The molecule has 0 unspecified atom stereocenters. The van der Waals surface area contributed by atoms with Crippen LogP contribution >= 0.6 is 0 Å². The Bertz CT molecular complexity index is 1960. The first-order chi connectivity index (χ1) is 24.1. The van der Waals surface area contributed by atoms with Crippen molar-refractivity contribution in [2.45, 2.75) is 54.4 Å². The van der Waals surface area contributed by atoms with E-state index in [0.717, 1.165) is 102 Å². The lowest BCUT2D eigenvalue weighted by atomic mass is 9.93. The predicted octanol–water partition coefficient (Wildman–Crippen LogP) is 11.9. The van der Waals surface area contributed by atoms with Crippen LogP contribution in [0.2, 0.25) is 0 Å². The molecule has 0 aromatic heterocycles. The number of ether oxygens (including phenoxy) is 2. The van der Waals surface area contributed by atoms with Crippen LogP contribution in [0.1, 0.15) is 46.2 Å². The number of aromatic hydroxyl groups is 2. The molecule has 0 amide bonds. The summed E-state index contributed by atoms with van der Waals surface area (Å²) in [6, 6.07) is 36.6. The second kappa shape index (κ2) is 15.0. The van der Waals surface area contributed by atoms with Gasteiger partial charge in [0.15, 0.2) is 0 Å². The molecule has 50 heavy (non-hydrogen) atoms. The zero-order valence-corrected chi connectivity index (χ0v) is 29.9. The summed E-state index contributed by atoms with van der Waals surface area (Å²) in [6.45, 7) is 13.4. The van der Waals surface area contributed by atoms with E-state index in [1.54, 1.807) is 0 Å². The van der Waals surface area contributed by atoms with Crippen LogP contribution in [0, 0.1) is 41.5 Å². The van der Waals surface area contributed by atoms with Crippen LogP contribution < -0.4 is 9.47 Å². The minimum Gasteiger partial charge on any atom is -0.507 e. The Labute approximate surface area is 296 Å². The van der Waals surface area contributed by atoms with Gasteiger partial charge in [-0.25, -0.2) is 0 Å². The van der Waals surface area contributed by atoms with Crippen LogP contribution in [0.25, 0.3) is 44.5 Å². The third kappa shape index (κ3) is 7.71. The van der Waals surface area contributed by atoms with Gasteiger partial charge in [-0.2, -0.15) is 0 Å². The topological polar surface area (TPSA) is 58.9 Å². The molecule has 0 atom stereocenters. The van der Waals surface area contributed by atoms with Crippen molar-refractivity contribution in [2.75, 3.05) is 13.2 Å². The molecular formula is C46H46O4. The van der Waals surface area contributed by atoms with Gasteiger partial charge < -0.3 is 19.7 Å². The summed E-state index contributed by atoms with van der Waals surface area (Å²) in [5, 5.41) is 23.0. The van der Waals surface area contributed by atoms with Gasteiger partial charge in [0.05, 0.1) is 13.2 Å². The summed E-state index contributed by atoms with van der Waals surface area (Å²) >= 11 is 0. The molecule has 2 N–H and O–H groups in total. The van der Waals surface area contributed by atoms with E-state index in [2.05, 4.69) is 77.9 Å². The molecule has 6 rings (SSSR count).